The summed E-state index contributed by atoms with van der Waals surface area (Å²) in [6.07, 6.45) is 2.60. The van der Waals surface area contributed by atoms with E-state index in [4.69, 9.17) is 9.15 Å². The van der Waals surface area contributed by atoms with Crippen LogP contribution in [-0.2, 0) is 17.6 Å². The van der Waals surface area contributed by atoms with Crippen LogP contribution in [0.15, 0.2) is 39.5 Å². The van der Waals surface area contributed by atoms with Crippen LogP contribution in [0.3, 0.4) is 0 Å². The highest BCUT2D eigenvalue weighted by atomic mass is 16.5. The highest BCUT2D eigenvalue weighted by molar-refractivity contribution is 5.95. The second-order valence-corrected chi connectivity index (χ2v) is 6.50. The van der Waals surface area contributed by atoms with E-state index in [0.717, 1.165) is 24.0 Å². The molecule has 0 saturated heterocycles. The maximum atomic E-state index is 13.2. The summed E-state index contributed by atoms with van der Waals surface area (Å²) in [5.41, 5.74) is 2.55. The number of hydrogen-bond donors (Lipinski definition) is 0. The molecule has 0 bridgehead atoms. The molecule has 0 saturated carbocycles. The molecule has 0 aliphatic carbocycles. The largest absolute Gasteiger partial charge is 0.455 e. The SMILES string of the molecule is CCC#CCc1ccc2c(=O)c3c(OC(C)=O)cccc3oc2c1CC#CCC. The minimum atomic E-state index is -0.489. The molecule has 0 amide bonds. The lowest BCUT2D eigenvalue weighted by Crippen LogP contribution is -2.09. The lowest BCUT2D eigenvalue weighted by molar-refractivity contribution is -0.131. The standard InChI is InChI=1S/C25H22O4/c1-4-6-8-11-18-15-16-20-24(27)23-21(28-17(3)26)13-10-14-22(23)29-25(20)19(18)12-9-7-5-2/h10,13-16H,4-5,11-12H2,1-3H3. The van der Waals surface area contributed by atoms with Crippen molar-refractivity contribution >= 4 is 27.9 Å². The number of fused-ring (bicyclic) bond motifs is 2. The Morgan fingerprint density at radius 1 is 1.00 bits per heavy atom. The molecule has 0 N–H and O–H groups in total. The minimum Gasteiger partial charge on any atom is -0.455 e. The molecule has 0 aliphatic rings. The highest BCUT2D eigenvalue weighted by Gasteiger charge is 2.17. The summed E-state index contributed by atoms with van der Waals surface area (Å²) in [7, 11) is 0. The zero-order chi connectivity index (χ0) is 20.8. The smallest absolute Gasteiger partial charge is 0.308 e. The average molecular weight is 386 g/mol. The first-order valence-electron chi connectivity index (χ1n) is 9.66. The molecule has 0 radical (unpaired) electrons. The Labute approximate surface area is 169 Å². The van der Waals surface area contributed by atoms with Crippen molar-refractivity contribution in [2.45, 2.75) is 46.5 Å². The van der Waals surface area contributed by atoms with Crippen molar-refractivity contribution in [2.24, 2.45) is 0 Å². The van der Waals surface area contributed by atoms with Crippen LogP contribution in [0.25, 0.3) is 21.9 Å². The maximum Gasteiger partial charge on any atom is 0.308 e. The van der Waals surface area contributed by atoms with Crippen molar-refractivity contribution < 1.29 is 13.9 Å². The van der Waals surface area contributed by atoms with Crippen molar-refractivity contribution in [1.29, 1.82) is 0 Å². The molecular weight excluding hydrogens is 364 g/mol. The van der Waals surface area contributed by atoms with E-state index < -0.39 is 5.97 Å². The summed E-state index contributed by atoms with van der Waals surface area (Å²) in [4.78, 5) is 24.6. The molecule has 0 spiro atoms. The monoisotopic (exact) mass is 386 g/mol. The fourth-order valence-electron chi connectivity index (χ4n) is 3.19. The first kappa shape index (κ1) is 20.2. The molecule has 3 rings (SSSR count). The number of carbonyl (C=O) groups is 1. The normalized spacial score (nSPS) is 10.2. The maximum absolute atomic E-state index is 13.2. The molecule has 1 heterocycles. The van der Waals surface area contributed by atoms with Crippen molar-refractivity contribution in [3.8, 4) is 29.4 Å². The van der Waals surface area contributed by atoms with Gasteiger partial charge in [0.15, 0.2) is 0 Å². The van der Waals surface area contributed by atoms with E-state index in [9.17, 15) is 9.59 Å². The average Bonchev–Trinajstić information content (AvgIpc) is 2.69. The predicted molar refractivity (Wildman–Crippen MR) is 115 cm³/mol. The Bertz CT molecular complexity index is 1260. The molecule has 0 unspecified atom stereocenters. The van der Waals surface area contributed by atoms with Crippen LogP contribution in [0.2, 0.25) is 0 Å². The Kier molecular flexibility index (Phi) is 6.37. The molecular formula is C25H22O4. The van der Waals surface area contributed by atoms with Gasteiger partial charge in [0.05, 0.1) is 5.39 Å². The second-order valence-electron chi connectivity index (χ2n) is 6.50. The van der Waals surface area contributed by atoms with Crippen LogP contribution in [0.1, 0.15) is 44.7 Å². The van der Waals surface area contributed by atoms with E-state index in [2.05, 4.69) is 23.7 Å². The van der Waals surface area contributed by atoms with E-state index in [1.165, 1.54) is 6.92 Å². The van der Waals surface area contributed by atoms with Gasteiger partial charge in [-0.3, -0.25) is 9.59 Å². The fourth-order valence-corrected chi connectivity index (χ4v) is 3.19. The lowest BCUT2D eigenvalue weighted by atomic mass is 9.98. The second kappa shape index (κ2) is 9.13. The topological polar surface area (TPSA) is 56.5 Å². The summed E-state index contributed by atoms with van der Waals surface area (Å²) in [5.74, 6) is 12.2. The van der Waals surface area contributed by atoms with E-state index in [0.29, 0.717) is 29.4 Å². The molecule has 4 nitrogen and oxygen atoms in total. The number of ether oxygens (including phenoxy) is 1. The number of hydrogen-bond acceptors (Lipinski definition) is 4. The molecule has 2 aromatic carbocycles. The van der Waals surface area contributed by atoms with Crippen molar-refractivity contribution in [3.05, 3.63) is 51.7 Å². The first-order chi connectivity index (χ1) is 14.1. The van der Waals surface area contributed by atoms with E-state index in [-0.39, 0.29) is 16.6 Å². The van der Waals surface area contributed by atoms with Crippen molar-refractivity contribution in [2.75, 3.05) is 0 Å². The van der Waals surface area contributed by atoms with Crippen LogP contribution in [0, 0.1) is 23.7 Å². The quantitative estimate of drug-likeness (QED) is 0.281. The van der Waals surface area contributed by atoms with Crippen LogP contribution >= 0.6 is 0 Å². The number of benzene rings is 2. The van der Waals surface area contributed by atoms with Crippen LogP contribution < -0.4 is 10.2 Å². The third kappa shape index (κ3) is 4.33. The fraction of sp³-hybridized carbons (Fsp3) is 0.280. The van der Waals surface area contributed by atoms with Gasteiger partial charge in [0, 0.05) is 38.2 Å². The van der Waals surface area contributed by atoms with Gasteiger partial charge in [-0.05, 0) is 23.8 Å². The Morgan fingerprint density at radius 2 is 1.72 bits per heavy atom. The van der Waals surface area contributed by atoms with E-state index in [1.54, 1.807) is 24.3 Å². The van der Waals surface area contributed by atoms with Gasteiger partial charge in [-0.2, -0.15) is 0 Å². The van der Waals surface area contributed by atoms with Gasteiger partial charge < -0.3 is 9.15 Å². The molecule has 0 fully saturated rings. The van der Waals surface area contributed by atoms with Crippen molar-refractivity contribution in [1.82, 2.24) is 0 Å². The van der Waals surface area contributed by atoms with Gasteiger partial charge in [-0.25, -0.2) is 0 Å². The first-order valence-corrected chi connectivity index (χ1v) is 9.66. The van der Waals surface area contributed by atoms with Gasteiger partial charge in [0.2, 0.25) is 5.43 Å². The summed E-state index contributed by atoms with van der Waals surface area (Å²) in [6.45, 7) is 5.30. The Morgan fingerprint density at radius 3 is 2.41 bits per heavy atom. The van der Waals surface area contributed by atoms with Gasteiger partial charge in [-0.1, -0.05) is 37.8 Å². The highest BCUT2D eigenvalue weighted by Crippen LogP contribution is 2.29. The molecule has 4 heteroatoms. The van der Waals surface area contributed by atoms with Crippen LogP contribution in [0.4, 0.5) is 0 Å². The van der Waals surface area contributed by atoms with Crippen LogP contribution in [0.5, 0.6) is 5.75 Å². The zero-order valence-corrected chi connectivity index (χ0v) is 16.8. The predicted octanol–water partition coefficient (Wildman–Crippen LogP) is 4.78. The molecule has 1 aromatic heterocycles. The third-order valence-electron chi connectivity index (χ3n) is 4.43. The summed E-state index contributed by atoms with van der Waals surface area (Å²) < 4.78 is 11.4. The Hall–Kier alpha value is -3.50. The lowest BCUT2D eigenvalue weighted by Gasteiger charge is -2.11. The molecule has 146 valence electrons. The molecule has 0 atom stereocenters. The third-order valence-corrected chi connectivity index (χ3v) is 4.43. The summed E-state index contributed by atoms with van der Waals surface area (Å²) in [5, 5.41) is 0.705. The number of rotatable bonds is 3. The van der Waals surface area contributed by atoms with E-state index in [1.807, 2.05) is 19.9 Å². The number of carbonyl (C=O) groups excluding carboxylic acids is 1. The summed E-state index contributed by atoms with van der Waals surface area (Å²) in [6, 6.07) is 8.66. The molecule has 29 heavy (non-hydrogen) atoms. The van der Waals surface area contributed by atoms with Gasteiger partial charge >= 0.3 is 5.97 Å². The number of esters is 1. The van der Waals surface area contributed by atoms with Crippen molar-refractivity contribution in [3.63, 3.8) is 0 Å². The van der Waals surface area contributed by atoms with Gasteiger partial charge in [0.1, 0.15) is 22.3 Å². The molecule has 3 aromatic rings. The molecule has 0 aliphatic heterocycles. The van der Waals surface area contributed by atoms with Gasteiger partial charge in [0.25, 0.3) is 0 Å². The van der Waals surface area contributed by atoms with Gasteiger partial charge in [-0.15, -0.1) is 11.8 Å². The van der Waals surface area contributed by atoms with E-state index >= 15 is 0 Å². The zero-order valence-electron chi connectivity index (χ0n) is 16.8. The summed E-state index contributed by atoms with van der Waals surface area (Å²) >= 11 is 0. The van der Waals surface area contributed by atoms with Crippen LogP contribution in [-0.4, -0.2) is 5.97 Å². The Balaban J connectivity index is 2.30. The minimum absolute atomic E-state index is 0.205.